The summed E-state index contributed by atoms with van der Waals surface area (Å²) in [5.41, 5.74) is 2.46. The number of rotatable bonds is 6. The second-order valence-electron chi connectivity index (χ2n) is 8.05. The maximum atomic E-state index is 13.3. The third-order valence-electron chi connectivity index (χ3n) is 5.12. The number of amides is 2. The highest BCUT2D eigenvalue weighted by atomic mass is 32.2. The summed E-state index contributed by atoms with van der Waals surface area (Å²) >= 11 is 1.50. The lowest BCUT2D eigenvalue weighted by molar-refractivity contribution is 0.0742. The zero-order chi connectivity index (χ0) is 22.4. The summed E-state index contributed by atoms with van der Waals surface area (Å²) in [4.78, 5) is 33.5. The Labute approximate surface area is 187 Å². The molecule has 0 N–H and O–H groups in total. The SMILES string of the molecule is Cc1noc(C)c1CSc1ncccc1C(=O)N1CCCN(C(=O)OCC(C)C)CC1. The van der Waals surface area contributed by atoms with E-state index < -0.39 is 0 Å². The van der Waals surface area contributed by atoms with Crippen molar-refractivity contribution in [2.75, 3.05) is 32.8 Å². The normalized spacial score (nSPS) is 14.6. The Hall–Kier alpha value is -2.55. The van der Waals surface area contributed by atoms with Crippen molar-refractivity contribution in [2.45, 2.75) is 44.9 Å². The van der Waals surface area contributed by atoms with E-state index in [-0.39, 0.29) is 12.0 Å². The predicted octanol–water partition coefficient (Wildman–Crippen LogP) is 3.92. The molecule has 0 bridgehead atoms. The highest BCUT2D eigenvalue weighted by Crippen LogP contribution is 2.28. The van der Waals surface area contributed by atoms with Crippen LogP contribution >= 0.6 is 11.8 Å². The third-order valence-corrected chi connectivity index (χ3v) is 6.15. The van der Waals surface area contributed by atoms with Crippen LogP contribution in [-0.4, -0.2) is 64.7 Å². The van der Waals surface area contributed by atoms with E-state index >= 15 is 0 Å². The first-order valence-corrected chi connectivity index (χ1v) is 11.6. The van der Waals surface area contributed by atoms with Crippen LogP contribution in [0, 0.1) is 19.8 Å². The maximum absolute atomic E-state index is 13.3. The van der Waals surface area contributed by atoms with Crippen molar-refractivity contribution in [3.63, 3.8) is 0 Å². The van der Waals surface area contributed by atoms with Gasteiger partial charge in [-0.05, 0) is 38.3 Å². The quantitative estimate of drug-likeness (QED) is 0.621. The van der Waals surface area contributed by atoms with Gasteiger partial charge in [-0.15, -0.1) is 11.8 Å². The van der Waals surface area contributed by atoms with E-state index in [1.54, 1.807) is 22.1 Å². The fourth-order valence-electron chi connectivity index (χ4n) is 3.32. The predicted molar refractivity (Wildman–Crippen MR) is 118 cm³/mol. The van der Waals surface area contributed by atoms with Gasteiger partial charge in [-0.1, -0.05) is 19.0 Å². The van der Waals surface area contributed by atoms with Crippen molar-refractivity contribution < 1.29 is 18.8 Å². The molecule has 0 atom stereocenters. The van der Waals surface area contributed by atoms with Crippen molar-refractivity contribution >= 4 is 23.8 Å². The van der Waals surface area contributed by atoms with Gasteiger partial charge in [0.15, 0.2) is 0 Å². The molecule has 1 saturated heterocycles. The minimum absolute atomic E-state index is 0.0632. The van der Waals surface area contributed by atoms with Crippen molar-refractivity contribution in [3.05, 3.63) is 40.9 Å². The minimum Gasteiger partial charge on any atom is -0.449 e. The van der Waals surface area contributed by atoms with Crippen molar-refractivity contribution in [2.24, 2.45) is 5.92 Å². The van der Waals surface area contributed by atoms with Crippen LogP contribution in [0.4, 0.5) is 4.79 Å². The molecule has 8 nitrogen and oxygen atoms in total. The molecule has 1 fully saturated rings. The Bertz CT molecular complexity index is 895. The van der Waals surface area contributed by atoms with E-state index in [2.05, 4.69) is 10.1 Å². The van der Waals surface area contributed by atoms with E-state index in [1.165, 1.54) is 11.8 Å². The smallest absolute Gasteiger partial charge is 0.409 e. The molecule has 0 aliphatic carbocycles. The molecule has 1 aliphatic rings. The Morgan fingerprint density at radius 1 is 1.19 bits per heavy atom. The van der Waals surface area contributed by atoms with Gasteiger partial charge in [-0.2, -0.15) is 0 Å². The summed E-state index contributed by atoms with van der Waals surface area (Å²) in [6.45, 7) is 10.3. The van der Waals surface area contributed by atoms with Gasteiger partial charge in [-0.25, -0.2) is 9.78 Å². The average Bonchev–Trinajstić information content (AvgIpc) is 2.95. The van der Waals surface area contributed by atoms with E-state index in [4.69, 9.17) is 9.26 Å². The summed E-state index contributed by atoms with van der Waals surface area (Å²) in [6, 6.07) is 3.59. The van der Waals surface area contributed by atoms with Crippen LogP contribution in [0.2, 0.25) is 0 Å². The van der Waals surface area contributed by atoms with Crippen LogP contribution in [0.5, 0.6) is 0 Å². The van der Waals surface area contributed by atoms with Gasteiger partial charge in [0.1, 0.15) is 10.8 Å². The Morgan fingerprint density at radius 2 is 1.94 bits per heavy atom. The van der Waals surface area contributed by atoms with Crippen LogP contribution in [0.1, 0.15) is 47.6 Å². The first-order chi connectivity index (χ1) is 14.9. The second-order valence-corrected chi connectivity index (χ2v) is 9.02. The molecular weight excluding hydrogens is 416 g/mol. The first kappa shape index (κ1) is 23.1. The molecule has 0 aromatic carbocycles. The highest BCUT2D eigenvalue weighted by molar-refractivity contribution is 7.98. The van der Waals surface area contributed by atoms with Gasteiger partial charge in [0.2, 0.25) is 0 Å². The first-order valence-electron chi connectivity index (χ1n) is 10.6. The van der Waals surface area contributed by atoms with Crippen molar-refractivity contribution in [1.82, 2.24) is 19.9 Å². The van der Waals surface area contributed by atoms with Gasteiger partial charge in [0.25, 0.3) is 5.91 Å². The number of carbonyl (C=O) groups excluding carboxylic acids is 2. The van der Waals surface area contributed by atoms with Crippen molar-refractivity contribution in [3.8, 4) is 0 Å². The molecule has 2 amide bonds. The molecule has 0 spiro atoms. The number of nitrogens with zero attached hydrogens (tertiary/aromatic N) is 4. The number of hydrogen-bond acceptors (Lipinski definition) is 7. The molecule has 2 aromatic heterocycles. The van der Waals surface area contributed by atoms with Crippen LogP contribution < -0.4 is 0 Å². The monoisotopic (exact) mass is 446 g/mol. The van der Waals surface area contributed by atoms with Crippen molar-refractivity contribution in [1.29, 1.82) is 0 Å². The van der Waals surface area contributed by atoms with E-state index in [0.29, 0.717) is 61.5 Å². The fraction of sp³-hybridized carbons (Fsp3) is 0.545. The molecular formula is C22H30N4O4S. The molecule has 3 heterocycles. The number of aryl methyl sites for hydroxylation is 2. The Morgan fingerprint density at radius 3 is 2.65 bits per heavy atom. The minimum atomic E-state index is -0.305. The number of pyridine rings is 1. The van der Waals surface area contributed by atoms with E-state index in [0.717, 1.165) is 17.0 Å². The topological polar surface area (TPSA) is 88.8 Å². The molecule has 0 unspecified atom stereocenters. The molecule has 1 aliphatic heterocycles. The van der Waals surface area contributed by atoms with Gasteiger partial charge in [0, 0.05) is 43.7 Å². The lowest BCUT2D eigenvalue weighted by Crippen LogP contribution is -2.38. The number of carbonyl (C=O) groups is 2. The number of hydrogen-bond donors (Lipinski definition) is 0. The van der Waals surface area contributed by atoms with Gasteiger partial charge >= 0.3 is 6.09 Å². The molecule has 168 valence electrons. The summed E-state index contributed by atoms with van der Waals surface area (Å²) in [7, 11) is 0. The van der Waals surface area contributed by atoms with E-state index in [9.17, 15) is 9.59 Å². The average molecular weight is 447 g/mol. The molecule has 0 radical (unpaired) electrons. The third kappa shape index (κ3) is 6.00. The second kappa shape index (κ2) is 10.7. The number of ether oxygens (including phenoxy) is 1. The fourth-order valence-corrected chi connectivity index (χ4v) is 4.46. The molecule has 2 aromatic rings. The van der Waals surface area contributed by atoms with Crippen LogP contribution in [0.3, 0.4) is 0 Å². The zero-order valence-corrected chi connectivity index (χ0v) is 19.4. The molecule has 9 heteroatoms. The van der Waals surface area contributed by atoms with E-state index in [1.807, 2.05) is 33.8 Å². The largest absolute Gasteiger partial charge is 0.449 e. The van der Waals surface area contributed by atoms with Crippen LogP contribution in [-0.2, 0) is 10.5 Å². The molecule has 0 saturated carbocycles. The zero-order valence-electron chi connectivity index (χ0n) is 18.6. The summed E-state index contributed by atoms with van der Waals surface area (Å²) in [5, 5.41) is 4.67. The summed E-state index contributed by atoms with van der Waals surface area (Å²) in [6.07, 6.45) is 2.10. The summed E-state index contributed by atoms with van der Waals surface area (Å²) < 4.78 is 10.6. The lowest BCUT2D eigenvalue weighted by atomic mass is 10.2. The van der Waals surface area contributed by atoms with Gasteiger partial charge in [0.05, 0.1) is 17.9 Å². The van der Waals surface area contributed by atoms with Gasteiger partial charge < -0.3 is 19.1 Å². The lowest BCUT2D eigenvalue weighted by Gasteiger charge is -2.22. The standard InChI is InChI=1S/C22H30N4O4S/c1-15(2)13-29-22(28)26-10-6-9-25(11-12-26)21(27)18-7-5-8-23-20(18)31-14-19-16(3)24-30-17(19)4/h5,7-8,15H,6,9-14H2,1-4H3. The highest BCUT2D eigenvalue weighted by Gasteiger charge is 2.25. The van der Waals surface area contributed by atoms with Crippen LogP contribution in [0.15, 0.2) is 27.9 Å². The van der Waals surface area contributed by atoms with Crippen LogP contribution in [0.25, 0.3) is 0 Å². The summed E-state index contributed by atoms with van der Waals surface area (Å²) in [5.74, 6) is 1.65. The number of aromatic nitrogens is 2. The Balaban J connectivity index is 1.64. The maximum Gasteiger partial charge on any atom is 0.409 e. The number of thioether (sulfide) groups is 1. The molecule has 31 heavy (non-hydrogen) atoms. The Kier molecular flexibility index (Phi) is 7.95. The van der Waals surface area contributed by atoms with Gasteiger partial charge in [-0.3, -0.25) is 4.79 Å². The molecule has 3 rings (SSSR count).